The van der Waals surface area contributed by atoms with Gasteiger partial charge in [-0.1, -0.05) is 48.0 Å². The van der Waals surface area contributed by atoms with Gasteiger partial charge in [-0.2, -0.15) is 0 Å². The maximum Gasteiger partial charge on any atom is 0.176 e. The minimum absolute atomic E-state index is 0.165. The van der Waals surface area contributed by atoms with Crippen molar-refractivity contribution in [3.8, 4) is 0 Å². The second kappa shape index (κ2) is 6.99. The van der Waals surface area contributed by atoms with Crippen molar-refractivity contribution in [1.29, 1.82) is 0 Å². The highest BCUT2D eigenvalue weighted by atomic mass is 127. The number of aryl methyl sites for hydroxylation is 1. The quantitative estimate of drug-likeness (QED) is 0.580. The Morgan fingerprint density at radius 1 is 1.10 bits per heavy atom. The largest absolute Gasteiger partial charge is 0.295 e. The van der Waals surface area contributed by atoms with Gasteiger partial charge in [0.2, 0.25) is 0 Å². The Morgan fingerprint density at radius 3 is 2.40 bits per heavy atom. The second-order valence-corrected chi connectivity index (χ2v) is 6.22. The standard InChI is InChI=1S/C17H18INO/c1-13-7-9-14(10-8-13)17(20)12-19(2)11-15-5-3-4-6-16(15)18/h3-10H,11-12H2,1-2H3. The molecule has 2 aromatic rings. The maximum absolute atomic E-state index is 12.2. The molecule has 0 spiro atoms. The van der Waals surface area contributed by atoms with E-state index in [1.165, 1.54) is 14.7 Å². The van der Waals surface area contributed by atoms with Gasteiger partial charge in [-0.05, 0) is 48.2 Å². The summed E-state index contributed by atoms with van der Waals surface area (Å²) in [7, 11) is 1.98. The van der Waals surface area contributed by atoms with E-state index in [-0.39, 0.29) is 5.78 Å². The predicted octanol–water partition coefficient (Wildman–Crippen LogP) is 3.91. The van der Waals surface area contributed by atoms with E-state index in [1.807, 2.05) is 50.4 Å². The summed E-state index contributed by atoms with van der Waals surface area (Å²) in [6.07, 6.45) is 0. The molecule has 0 aliphatic rings. The van der Waals surface area contributed by atoms with Crippen LogP contribution in [-0.4, -0.2) is 24.3 Å². The third-order valence-electron chi connectivity index (χ3n) is 3.19. The van der Waals surface area contributed by atoms with E-state index >= 15 is 0 Å². The number of hydrogen-bond acceptors (Lipinski definition) is 2. The van der Waals surface area contributed by atoms with Crippen LogP contribution < -0.4 is 0 Å². The number of nitrogens with zero attached hydrogens (tertiary/aromatic N) is 1. The molecule has 0 heterocycles. The van der Waals surface area contributed by atoms with Crippen molar-refractivity contribution in [1.82, 2.24) is 4.90 Å². The topological polar surface area (TPSA) is 20.3 Å². The molecule has 0 fully saturated rings. The molecule has 0 unspecified atom stereocenters. The zero-order valence-electron chi connectivity index (χ0n) is 11.8. The number of likely N-dealkylation sites (N-methyl/N-ethyl adjacent to an activating group) is 1. The van der Waals surface area contributed by atoms with Crippen molar-refractivity contribution in [2.75, 3.05) is 13.6 Å². The van der Waals surface area contributed by atoms with Crippen LogP contribution in [0.1, 0.15) is 21.5 Å². The molecule has 0 saturated carbocycles. The third kappa shape index (κ3) is 4.15. The molecule has 0 atom stereocenters. The predicted molar refractivity (Wildman–Crippen MR) is 91.0 cm³/mol. The van der Waals surface area contributed by atoms with Crippen molar-refractivity contribution >= 4 is 28.4 Å². The number of carbonyl (C=O) groups excluding carboxylic acids is 1. The summed E-state index contributed by atoms with van der Waals surface area (Å²) in [5.41, 5.74) is 3.21. The summed E-state index contributed by atoms with van der Waals surface area (Å²) in [5, 5.41) is 0. The average Bonchev–Trinajstić information content (AvgIpc) is 2.42. The van der Waals surface area contributed by atoms with Crippen molar-refractivity contribution < 1.29 is 4.79 Å². The van der Waals surface area contributed by atoms with E-state index in [2.05, 4.69) is 39.6 Å². The van der Waals surface area contributed by atoms with Crippen LogP contribution in [0.4, 0.5) is 0 Å². The van der Waals surface area contributed by atoms with E-state index < -0.39 is 0 Å². The number of halogens is 1. The fraction of sp³-hybridized carbons (Fsp3) is 0.235. The lowest BCUT2D eigenvalue weighted by molar-refractivity contribution is 0.0943. The summed E-state index contributed by atoms with van der Waals surface area (Å²) < 4.78 is 1.24. The van der Waals surface area contributed by atoms with Crippen LogP contribution in [0.25, 0.3) is 0 Å². The Labute approximate surface area is 133 Å². The Kier molecular flexibility index (Phi) is 5.31. The van der Waals surface area contributed by atoms with Gasteiger partial charge in [-0.3, -0.25) is 9.69 Å². The molecule has 0 amide bonds. The fourth-order valence-corrected chi connectivity index (χ4v) is 2.61. The molecular weight excluding hydrogens is 361 g/mol. The van der Waals surface area contributed by atoms with Crippen LogP contribution in [0, 0.1) is 10.5 Å². The first-order valence-corrected chi connectivity index (χ1v) is 7.66. The average molecular weight is 379 g/mol. The molecule has 0 saturated heterocycles. The normalized spacial score (nSPS) is 10.8. The van der Waals surface area contributed by atoms with Crippen molar-refractivity contribution in [3.63, 3.8) is 0 Å². The molecule has 104 valence electrons. The summed E-state index contributed by atoms with van der Waals surface area (Å²) in [5.74, 6) is 0.165. The van der Waals surface area contributed by atoms with E-state index in [0.717, 1.165) is 12.1 Å². The van der Waals surface area contributed by atoms with Crippen molar-refractivity contribution in [3.05, 3.63) is 68.8 Å². The number of ketones is 1. The van der Waals surface area contributed by atoms with Crippen molar-refractivity contribution in [2.24, 2.45) is 0 Å². The molecule has 0 bridgehead atoms. The van der Waals surface area contributed by atoms with Gasteiger partial charge >= 0.3 is 0 Å². The number of rotatable bonds is 5. The molecule has 2 nitrogen and oxygen atoms in total. The maximum atomic E-state index is 12.2. The smallest absolute Gasteiger partial charge is 0.176 e. The molecular formula is C17H18INO. The molecule has 20 heavy (non-hydrogen) atoms. The van der Waals surface area contributed by atoms with Gasteiger partial charge in [-0.15, -0.1) is 0 Å². The second-order valence-electron chi connectivity index (χ2n) is 5.05. The Bertz CT molecular complexity index is 592. The van der Waals surface area contributed by atoms with Crippen LogP contribution in [0.2, 0.25) is 0 Å². The van der Waals surface area contributed by atoms with Crippen LogP contribution >= 0.6 is 22.6 Å². The van der Waals surface area contributed by atoms with E-state index in [0.29, 0.717) is 6.54 Å². The molecule has 2 rings (SSSR count). The molecule has 0 N–H and O–H groups in total. The Morgan fingerprint density at radius 2 is 1.75 bits per heavy atom. The zero-order valence-corrected chi connectivity index (χ0v) is 13.9. The van der Waals surface area contributed by atoms with Crippen LogP contribution in [0.15, 0.2) is 48.5 Å². The van der Waals surface area contributed by atoms with Crippen LogP contribution in [0.3, 0.4) is 0 Å². The molecule has 0 aliphatic carbocycles. The van der Waals surface area contributed by atoms with Crippen molar-refractivity contribution in [2.45, 2.75) is 13.5 Å². The highest BCUT2D eigenvalue weighted by Crippen LogP contribution is 2.13. The first-order valence-electron chi connectivity index (χ1n) is 6.58. The number of hydrogen-bond donors (Lipinski definition) is 0. The third-order valence-corrected chi connectivity index (χ3v) is 4.24. The van der Waals surface area contributed by atoms with E-state index in [9.17, 15) is 4.79 Å². The van der Waals surface area contributed by atoms with E-state index in [4.69, 9.17) is 0 Å². The summed E-state index contributed by atoms with van der Waals surface area (Å²) in [6, 6.07) is 16.0. The zero-order chi connectivity index (χ0) is 14.5. The lowest BCUT2D eigenvalue weighted by Crippen LogP contribution is -2.26. The number of benzene rings is 2. The minimum Gasteiger partial charge on any atom is -0.295 e. The first-order chi connectivity index (χ1) is 9.56. The lowest BCUT2D eigenvalue weighted by atomic mass is 10.1. The highest BCUT2D eigenvalue weighted by Gasteiger charge is 2.10. The lowest BCUT2D eigenvalue weighted by Gasteiger charge is -2.16. The molecule has 2 aromatic carbocycles. The SMILES string of the molecule is Cc1ccc(C(=O)CN(C)Cc2ccccc2I)cc1. The van der Waals surface area contributed by atoms with Gasteiger partial charge in [0.1, 0.15) is 0 Å². The Balaban J connectivity index is 1.98. The van der Waals surface area contributed by atoms with Gasteiger partial charge < -0.3 is 0 Å². The molecule has 0 aromatic heterocycles. The first kappa shape index (κ1) is 15.2. The number of carbonyl (C=O) groups is 1. The van der Waals surface area contributed by atoms with Gasteiger partial charge in [0.05, 0.1) is 6.54 Å². The summed E-state index contributed by atoms with van der Waals surface area (Å²) >= 11 is 2.33. The summed E-state index contributed by atoms with van der Waals surface area (Å²) in [6.45, 7) is 3.25. The van der Waals surface area contributed by atoms with Crippen LogP contribution in [0.5, 0.6) is 0 Å². The molecule has 0 radical (unpaired) electrons. The fourth-order valence-electron chi connectivity index (χ4n) is 2.05. The highest BCUT2D eigenvalue weighted by molar-refractivity contribution is 14.1. The molecule has 3 heteroatoms. The van der Waals surface area contributed by atoms with Gasteiger partial charge in [0, 0.05) is 15.7 Å². The van der Waals surface area contributed by atoms with E-state index in [1.54, 1.807) is 0 Å². The van der Waals surface area contributed by atoms with Gasteiger partial charge in [0.15, 0.2) is 5.78 Å². The Hall–Kier alpha value is -1.20. The summed E-state index contributed by atoms with van der Waals surface area (Å²) in [4.78, 5) is 14.3. The van der Waals surface area contributed by atoms with Gasteiger partial charge in [-0.25, -0.2) is 0 Å². The molecule has 0 aliphatic heterocycles. The van der Waals surface area contributed by atoms with Crippen LogP contribution in [-0.2, 0) is 6.54 Å². The minimum atomic E-state index is 0.165. The van der Waals surface area contributed by atoms with Gasteiger partial charge in [0.25, 0.3) is 0 Å². The number of Topliss-reactive ketones (excluding diaryl/α,β-unsaturated/α-hetero) is 1. The monoisotopic (exact) mass is 379 g/mol.